The zero-order chi connectivity index (χ0) is 24.5. The van der Waals surface area contributed by atoms with E-state index < -0.39 is 18.1 Å². The fourth-order valence-electron chi connectivity index (χ4n) is 3.87. The van der Waals surface area contributed by atoms with Crippen molar-refractivity contribution in [1.29, 1.82) is 0 Å². The number of nitrogens with two attached hydrogens (primary N) is 1. The van der Waals surface area contributed by atoms with Gasteiger partial charge in [-0.25, -0.2) is 4.39 Å². The molecule has 1 fully saturated rings. The molecule has 33 heavy (non-hydrogen) atoms. The molecule has 0 spiro atoms. The Kier molecular flexibility index (Phi) is 10.0. The summed E-state index contributed by atoms with van der Waals surface area (Å²) in [6, 6.07) is 11.7. The van der Waals surface area contributed by atoms with Crippen LogP contribution < -0.4 is 11.1 Å². The summed E-state index contributed by atoms with van der Waals surface area (Å²) in [7, 11) is 0. The minimum absolute atomic E-state index is 0.0185. The third-order valence-corrected chi connectivity index (χ3v) is 5.84. The van der Waals surface area contributed by atoms with Gasteiger partial charge in [0.1, 0.15) is 11.9 Å². The van der Waals surface area contributed by atoms with E-state index in [2.05, 4.69) is 5.32 Å². The third-order valence-electron chi connectivity index (χ3n) is 5.84. The molecule has 3 unspecified atom stereocenters. The predicted molar refractivity (Wildman–Crippen MR) is 129 cm³/mol. The van der Waals surface area contributed by atoms with Gasteiger partial charge in [0.05, 0.1) is 18.7 Å². The fourth-order valence-corrected chi connectivity index (χ4v) is 3.87. The first-order chi connectivity index (χ1) is 15.8. The zero-order valence-electron chi connectivity index (χ0n) is 19.9. The average Bonchev–Trinajstić information content (AvgIpc) is 3.33. The predicted octanol–water partition coefficient (Wildman–Crippen LogP) is 3.64. The Labute approximate surface area is 196 Å². The van der Waals surface area contributed by atoms with E-state index in [1.165, 1.54) is 6.07 Å². The quantitative estimate of drug-likeness (QED) is 0.591. The Morgan fingerprint density at radius 1 is 1.15 bits per heavy atom. The number of benzene rings is 2. The van der Waals surface area contributed by atoms with Crippen LogP contribution in [0.25, 0.3) is 11.1 Å². The summed E-state index contributed by atoms with van der Waals surface area (Å²) in [6.07, 6.45) is 1.29. The molecule has 7 heteroatoms. The molecule has 180 valence electrons. The number of hydrogen-bond donors (Lipinski definition) is 3. The molecule has 0 radical (unpaired) electrons. The minimum Gasteiger partial charge on any atom is -0.394 e. The zero-order valence-corrected chi connectivity index (χ0v) is 19.9. The standard InChI is InChI=1S/C24H30FN3O3.C2H6/c1-15(2)22(26)24(31)28-13-5-8-21(28)23(30)27-20(14-29)17-11-9-16(10-12-17)18-6-3-4-7-19(18)25;1-2/h3-4,6-7,9-12,15,20-22,29H,5,8,13-14,26H2,1-2H3,(H,27,30);1-2H3. The maximum atomic E-state index is 14.0. The number of carbonyl (C=O) groups excluding carboxylic acids is 2. The Morgan fingerprint density at radius 2 is 1.79 bits per heavy atom. The molecule has 3 atom stereocenters. The van der Waals surface area contributed by atoms with Gasteiger partial charge in [-0.15, -0.1) is 0 Å². The van der Waals surface area contributed by atoms with Gasteiger partial charge in [-0.2, -0.15) is 0 Å². The van der Waals surface area contributed by atoms with E-state index in [1.54, 1.807) is 47.4 Å². The van der Waals surface area contributed by atoms with Gasteiger partial charge in [0, 0.05) is 12.1 Å². The highest BCUT2D eigenvalue weighted by atomic mass is 19.1. The van der Waals surface area contributed by atoms with Crippen LogP contribution in [-0.4, -0.2) is 47.1 Å². The number of likely N-dealkylation sites (tertiary alicyclic amines) is 1. The number of carbonyl (C=O) groups is 2. The van der Waals surface area contributed by atoms with Gasteiger partial charge in [-0.1, -0.05) is 70.2 Å². The summed E-state index contributed by atoms with van der Waals surface area (Å²) in [5, 5.41) is 12.7. The van der Waals surface area contributed by atoms with Crippen molar-refractivity contribution in [2.45, 2.75) is 58.7 Å². The van der Waals surface area contributed by atoms with Crippen molar-refractivity contribution in [3.05, 3.63) is 59.9 Å². The topological polar surface area (TPSA) is 95.7 Å². The summed E-state index contributed by atoms with van der Waals surface area (Å²) in [5.41, 5.74) is 7.90. The van der Waals surface area contributed by atoms with Crippen LogP contribution in [0.3, 0.4) is 0 Å². The Balaban J connectivity index is 0.00000187. The van der Waals surface area contributed by atoms with Crippen molar-refractivity contribution in [2.24, 2.45) is 11.7 Å². The number of hydrogen-bond acceptors (Lipinski definition) is 4. The Morgan fingerprint density at radius 3 is 2.36 bits per heavy atom. The lowest BCUT2D eigenvalue weighted by Crippen LogP contribution is -2.53. The fraction of sp³-hybridized carbons (Fsp3) is 0.462. The average molecular weight is 458 g/mol. The number of aliphatic hydroxyl groups excluding tert-OH is 1. The summed E-state index contributed by atoms with van der Waals surface area (Å²) >= 11 is 0. The molecule has 1 saturated heterocycles. The van der Waals surface area contributed by atoms with Gasteiger partial charge >= 0.3 is 0 Å². The number of nitrogens with zero attached hydrogens (tertiary/aromatic N) is 1. The van der Waals surface area contributed by atoms with Crippen LogP contribution in [0.1, 0.15) is 52.1 Å². The molecule has 1 aliphatic heterocycles. The van der Waals surface area contributed by atoms with Crippen LogP contribution in [-0.2, 0) is 9.59 Å². The molecule has 4 N–H and O–H groups in total. The molecule has 0 saturated carbocycles. The van der Waals surface area contributed by atoms with E-state index in [4.69, 9.17) is 5.73 Å². The Bertz CT molecular complexity index is 917. The summed E-state index contributed by atoms with van der Waals surface area (Å²) in [6.45, 7) is 7.95. The van der Waals surface area contributed by atoms with Crippen LogP contribution in [0, 0.1) is 11.7 Å². The van der Waals surface area contributed by atoms with Crippen molar-refractivity contribution in [3.8, 4) is 11.1 Å². The molecular formula is C26H36FN3O3. The molecule has 6 nitrogen and oxygen atoms in total. The first-order valence-electron chi connectivity index (χ1n) is 11.7. The van der Waals surface area contributed by atoms with E-state index in [-0.39, 0.29) is 30.2 Å². The van der Waals surface area contributed by atoms with Crippen LogP contribution in [0.4, 0.5) is 4.39 Å². The van der Waals surface area contributed by atoms with Crippen molar-refractivity contribution < 1.29 is 19.1 Å². The molecule has 3 rings (SSSR count). The van der Waals surface area contributed by atoms with Crippen LogP contribution >= 0.6 is 0 Å². The molecule has 0 bridgehead atoms. The van der Waals surface area contributed by atoms with E-state index in [1.807, 2.05) is 27.7 Å². The third kappa shape index (κ3) is 6.39. The second-order valence-electron chi connectivity index (χ2n) is 8.31. The molecular weight excluding hydrogens is 421 g/mol. The highest BCUT2D eigenvalue weighted by Crippen LogP contribution is 2.25. The number of halogens is 1. The van der Waals surface area contributed by atoms with Crippen LogP contribution in [0.2, 0.25) is 0 Å². The monoisotopic (exact) mass is 457 g/mol. The SMILES string of the molecule is CC.CC(C)C(N)C(=O)N1CCCC1C(=O)NC(CO)c1ccc(-c2ccccc2F)cc1. The largest absolute Gasteiger partial charge is 0.394 e. The second-order valence-corrected chi connectivity index (χ2v) is 8.31. The lowest BCUT2D eigenvalue weighted by atomic mass is 10.00. The molecule has 2 amide bonds. The first-order valence-corrected chi connectivity index (χ1v) is 11.7. The lowest BCUT2D eigenvalue weighted by molar-refractivity contribution is -0.140. The number of nitrogens with one attached hydrogen (secondary N) is 1. The van der Waals surface area contributed by atoms with Crippen LogP contribution in [0.15, 0.2) is 48.5 Å². The smallest absolute Gasteiger partial charge is 0.243 e. The summed E-state index contributed by atoms with van der Waals surface area (Å²) < 4.78 is 14.0. The minimum atomic E-state index is -0.645. The normalized spacial score (nSPS) is 17.2. The summed E-state index contributed by atoms with van der Waals surface area (Å²) in [5.74, 6) is -0.857. The van der Waals surface area contributed by atoms with Crippen molar-refractivity contribution >= 4 is 11.8 Å². The number of aliphatic hydroxyl groups is 1. The highest BCUT2D eigenvalue weighted by Gasteiger charge is 2.37. The van der Waals surface area contributed by atoms with Gasteiger partial charge < -0.3 is 21.1 Å². The van der Waals surface area contributed by atoms with E-state index >= 15 is 0 Å². The number of amides is 2. The molecule has 2 aromatic carbocycles. The maximum absolute atomic E-state index is 14.0. The number of rotatable bonds is 7. The van der Waals surface area contributed by atoms with Gasteiger partial charge in [0.2, 0.25) is 11.8 Å². The Hall–Kier alpha value is -2.77. The molecule has 0 aromatic heterocycles. The maximum Gasteiger partial charge on any atom is 0.243 e. The van der Waals surface area contributed by atoms with Crippen molar-refractivity contribution in [1.82, 2.24) is 10.2 Å². The van der Waals surface area contributed by atoms with Crippen molar-refractivity contribution in [3.63, 3.8) is 0 Å². The molecule has 2 aromatic rings. The summed E-state index contributed by atoms with van der Waals surface area (Å²) in [4.78, 5) is 27.1. The van der Waals surface area contributed by atoms with Crippen LogP contribution in [0.5, 0.6) is 0 Å². The van der Waals surface area contributed by atoms with Gasteiger partial charge in [-0.3, -0.25) is 9.59 Å². The molecule has 1 aliphatic rings. The van der Waals surface area contributed by atoms with Crippen molar-refractivity contribution in [2.75, 3.05) is 13.2 Å². The van der Waals surface area contributed by atoms with Gasteiger partial charge in [-0.05, 0) is 36.0 Å². The molecule has 0 aliphatic carbocycles. The van der Waals surface area contributed by atoms with Gasteiger partial charge in [0.25, 0.3) is 0 Å². The van der Waals surface area contributed by atoms with Gasteiger partial charge in [0.15, 0.2) is 0 Å². The second kappa shape index (κ2) is 12.5. The first kappa shape index (κ1) is 26.5. The van der Waals surface area contributed by atoms with E-state index in [9.17, 15) is 19.1 Å². The van der Waals surface area contributed by atoms with E-state index in [0.29, 0.717) is 29.7 Å². The molecule has 1 heterocycles. The lowest BCUT2D eigenvalue weighted by Gasteiger charge is -2.29. The highest BCUT2D eigenvalue weighted by molar-refractivity contribution is 5.90. The van der Waals surface area contributed by atoms with E-state index in [0.717, 1.165) is 6.42 Å².